The lowest BCUT2D eigenvalue weighted by molar-refractivity contribution is 0.0744. The third-order valence-electron chi connectivity index (χ3n) is 5.83. The minimum atomic E-state index is -0.121. The first kappa shape index (κ1) is 21.8. The van der Waals surface area contributed by atoms with Crippen LogP contribution in [0, 0.1) is 5.92 Å². The van der Waals surface area contributed by atoms with Crippen molar-refractivity contribution in [2.24, 2.45) is 13.0 Å². The molecule has 3 rings (SSSR count). The Kier molecular flexibility index (Phi) is 7.11. The Labute approximate surface area is 178 Å². The summed E-state index contributed by atoms with van der Waals surface area (Å²) in [6.07, 6.45) is 13.6. The molecule has 0 aromatic carbocycles. The average molecular weight is 409 g/mol. The molecule has 6 nitrogen and oxygen atoms in total. The van der Waals surface area contributed by atoms with Gasteiger partial charge in [-0.15, -0.1) is 0 Å². The number of aromatic amines is 1. The molecule has 6 heteroatoms. The van der Waals surface area contributed by atoms with E-state index in [2.05, 4.69) is 34.7 Å². The van der Waals surface area contributed by atoms with Crippen LogP contribution in [0.1, 0.15) is 30.1 Å². The minimum Gasteiger partial charge on any atom is -0.357 e. The minimum absolute atomic E-state index is 0.0399. The Balaban J connectivity index is 1.61. The molecule has 2 aromatic rings. The summed E-state index contributed by atoms with van der Waals surface area (Å²) in [5.74, 6) is 0.444. The number of likely N-dealkylation sites (tertiary alicyclic amines) is 1. The van der Waals surface area contributed by atoms with E-state index in [0.29, 0.717) is 22.4 Å². The number of hydrogen-bond donors (Lipinski definition) is 1. The van der Waals surface area contributed by atoms with Crippen LogP contribution in [-0.2, 0) is 7.05 Å². The second kappa shape index (κ2) is 9.76. The fourth-order valence-electron chi connectivity index (χ4n) is 4.23. The summed E-state index contributed by atoms with van der Waals surface area (Å²) in [5, 5.41) is 0.690. The number of fused-ring (bicyclic) bond motifs is 1. The van der Waals surface area contributed by atoms with Crippen LogP contribution in [-0.4, -0.2) is 58.5 Å². The number of pyridine rings is 1. The van der Waals surface area contributed by atoms with Crippen LogP contribution in [0.3, 0.4) is 0 Å². The Morgan fingerprint density at radius 2 is 2.10 bits per heavy atom. The maximum absolute atomic E-state index is 13.1. The smallest absolute Gasteiger partial charge is 0.274 e. The van der Waals surface area contributed by atoms with Gasteiger partial charge >= 0.3 is 0 Å². The van der Waals surface area contributed by atoms with Crippen LogP contribution in [0.2, 0.25) is 0 Å². The zero-order chi connectivity index (χ0) is 21.7. The van der Waals surface area contributed by atoms with Crippen molar-refractivity contribution in [2.75, 3.05) is 33.2 Å². The number of piperidine rings is 1. The SMILES string of the molecule is C=C/C=C(\C=C/C)CN1CCC(CN(C)C(=O)c2cn(C)c(=O)c3[nH]ccc23)CC1. The lowest BCUT2D eigenvalue weighted by atomic mass is 9.95. The average Bonchev–Trinajstić information content (AvgIpc) is 3.22. The molecule has 0 saturated carbocycles. The zero-order valence-electron chi connectivity index (χ0n) is 18.2. The van der Waals surface area contributed by atoms with E-state index in [1.54, 1.807) is 30.4 Å². The van der Waals surface area contributed by atoms with Gasteiger partial charge in [-0.2, -0.15) is 0 Å². The van der Waals surface area contributed by atoms with Gasteiger partial charge in [0.1, 0.15) is 5.52 Å². The van der Waals surface area contributed by atoms with Crippen LogP contribution in [0.5, 0.6) is 0 Å². The first-order chi connectivity index (χ1) is 14.4. The van der Waals surface area contributed by atoms with Gasteiger partial charge < -0.3 is 14.5 Å². The van der Waals surface area contributed by atoms with E-state index in [1.165, 1.54) is 10.1 Å². The van der Waals surface area contributed by atoms with E-state index < -0.39 is 0 Å². The molecule has 0 aliphatic carbocycles. The Morgan fingerprint density at radius 3 is 2.77 bits per heavy atom. The standard InChI is InChI=1S/C24H32N4O2/c1-5-7-18(8-6-2)16-28-13-10-19(11-14-28)15-26(3)23(29)21-17-27(4)24(30)22-20(21)9-12-25-22/h5-9,12,17,19,25H,1,10-11,13-16H2,2-4H3/b8-6-,18-7+. The number of H-pyrrole nitrogens is 1. The van der Waals surface area contributed by atoms with Gasteiger partial charge in [0.2, 0.25) is 0 Å². The summed E-state index contributed by atoms with van der Waals surface area (Å²) in [6, 6.07) is 1.80. The van der Waals surface area contributed by atoms with Crippen molar-refractivity contribution in [1.29, 1.82) is 0 Å². The molecule has 30 heavy (non-hydrogen) atoms. The summed E-state index contributed by atoms with van der Waals surface area (Å²) in [7, 11) is 3.53. The Morgan fingerprint density at radius 1 is 1.37 bits per heavy atom. The van der Waals surface area contributed by atoms with E-state index in [-0.39, 0.29) is 11.5 Å². The third-order valence-corrected chi connectivity index (χ3v) is 5.83. The summed E-state index contributed by atoms with van der Waals surface area (Å²) >= 11 is 0. The molecular formula is C24H32N4O2. The maximum atomic E-state index is 13.1. The van der Waals surface area contributed by atoms with E-state index in [0.717, 1.165) is 39.0 Å². The predicted molar refractivity (Wildman–Crippen MR) is 123 cm³/mol. The number of rotatable bonds is 7. The first-order valence-electron chi connectivity index (χ1n) is 10.5. The van der Waals surface area contributed by atoms with Gasteiger partial charge in [0.15, 0.2) is 0 Å². The number of amides is 1. The predicted octanol–water partition coefficient (Wildman–Crippen LogP) is 3.34. The van der Waals surface area contributed by atoms with Crippen LogP contribution >= 0.6 is 0 Å². The largest absolute Gasteiger partial charge is 0.357 e. The highest BCUT2D eigenvalue weighted by Crippen LogP contribution is 2.21. The molecule has 1 saturated heterocycles. The van der Waals surface area contributed by atoms with Gasteiger partial charge in [0, 0.05) is 45.0 Å². The normalized spacial score (nSPS) is 16.4. The van der Waals surface area contributed by atoms with Crippen LogP contribution < -0.4 is 5.56 Å². The van der Waals surface area contributed by atoms with Gasteiger partial charge in [-0.25, -0.2) is 0 Å². The molecule has 0 spiro atoms. The van der Waals surface area contributed by atoms with Crippen molar-refractivity contribution in [3.63, 3.8) is 0 Å². The molecule has 1 aliphatic heterocycles. The quantitative estimate of drug-likeness (QED) is 0.715. The van der Waals surface area contributed by atoms with Gasteiger partial charge in [-0.1, -0.05) is 30.9 Å². The highest BCUT2D eigenvalue weighted by Gasteiger charge is 2.24. The van der Waals surface area contributed by atoms with Crippen molar-refractivity contribution < 1.29 is 4.79 Å². The van der Waals surface area contributed by atoms with Crippen LogP contribution in [0.25, 0.3) is 10.9 Å². The van der Waals surface area contributed by atoms with Gasteiger partial charge in [-0.3, -0.25) is 14.5 Å². The molecule has 1 fully saturated rings. The molecule has 1 N–H and O–H groups in total. The Bertz CT molecular complexity index is 1020. The fourth-order valence-corrected chi connectivity index (χ4v) is 4.23. The molecule has 1 aliphatic rings. The lowest BCUT2D eigenvalue weighted by Crippen LogP contribution is -2.40. The molecule has 0 bridgehead atoms. The van der Waals surface area contributed by atoms with E-state index >= 15 is 0 Å². The monoisotopic (exact) mass is 408 g/mol. The first-order valence-corrected chi connectivity index (χ1v) is 10.5. The van der Waals surface area contributed by atoms with Crippen LogP contribution in [0.15, 0.2) is 59.7 Å². The topological polar surface area (TPSA) is 61.3 Å². The summed E-state index contributed by atoms with van der Waals surface area (Å²) in [5.41, 5.74) is 2.20. The van der Waals surface area contributed by atoms with E-state index in [9.17, 15) is 9.59 Å². The number of hydrogen-bond acceptors (Lipinski definition) is 3. The number of aryl methyl sites for hydroxylation is 1. The molecule has 0 radical (unpaired) electrons. The molecular weight excluding hydrogens is 376 g/mol. The summed E-state index contributed by atoms with van der Waals surface area (Å²) < 4.78 is 1.47. The third kappa shape index (κ3) is 4.82. The van der Waals surface area contributed by atoms with Crippen molar-refractivity contribution in [1.82, 2.24) is 19.4 Å². The number of carbonyl (C=O) groups excluding carboxylic acids is 1. The molecule has 1 amide bonds. The molecule has 0 unspecified atom stereocenters. The molecule has 0 atom stereocenters. The molecule has 160 valence electrons. The van der Waals surface area contributed by atoms with Gasteiger partial charge in [0.25, 0.3) is 11.5 Å². The maximum Gasteiger partial charge on any atom is 0.274 e. The van der Waals surface area contributed by atoms with Gasteiger partial charge in [-0.05, 0) is 50.4 Å². The van der Waals surface area contributed by atoms with Gasteiger partial charge in [0.05, 0.1) is 5.56 Å². The van der Waals surface area contributed by atoms with Crippen molar-refractivity contribution in [3.8, 4) is 0 Å². The number of allylic oxidation sites excluding steroid dienone is 3. The molecule has 3 heterocycles. The second-order valence-corrected chi connectivity index (χ2v) is 8.11. The fraction of sp³-hybridized carbons (Fsp3) is 0.417. The Hall–Kier alpha value is -2.86. The zero-order valence-corrected chi connectivity index (χ0v) is 18.2. The number of carbonyl (C=O) groups is 1. The van der Waals surface area contributed by atoms with Crippen molar-refractivity contribution in [3.05, 3.63) is 70.8 Å². The van der Waals surface area contributed by atoms with Crippen LogP contribution in [0.4, 0.5) is 0 Å². The number of nitrogens with one attached hydrogen (secondary N) is 1. The summed E-state index contributed by atoms with van der Waals surface area (Å²) in [4.78, 5) is 32.6. The van der Waals surface area contributed by atoms with Crippen molar-refractivity contribution >= 4 is 16.8 Å². The highest BCUT2D eigenvalue weighted by atomic mass is 16.2. The van der Waals surface area contributed by atoms with E-state index in [4.69, 9.17) is 0 Å². The second-order valence-electron chi connectivity index (χ2n) is 8.11. The number of aromatic nitrogens is 2. The van der Waals surface area contributed by atoms with Crippen molar-refractivity contribution in [2.45, 2.75) is 19.8 Å². The lowest BCUT2D eigenvalue weighted by Gasteiger charge is -2.34. The molecule has 2 aromatic heterocycles. The highest BCUT2D eigenvalue weighted by molar-refractivity contribution is 6.05. The van der Waals surface area contributed by atoms with E-state index in [1.807, 2.05) is 20.0 Å². The summed E-state index contributed by atoms with van der Waals surface area (Å²) in [6.45, 7) is 9.55. The number of nitrogens with zero attached hydrogens (tertiary/aromatic N) is 3.